The van der Waals surface area contributed by atoms with Crippen molar-refractivity contribution in [2.24, 2.45) is 5.41 Å². The number of rotatable bonds is 3. The Bertz CT molecular complexity index is 294. The van der Waals surface area contributed by atoms with Crippen molar-refractivity contribution >= 4 is 0 Å². The molecule has 19 heavy (non-hydrogen) atoms. The number of aliphatic hydroxyl groups is 1. The maximum absolute atomic E-state index is 12.9. The molecule has 0 aromatic heterocycles. The Balaban J connectivity index is 6.01. The second-order valence-corrected chi connectivity index (χ2v) is 3.56. The largest absolute Gasteiger partial charge is 0.411 e. The molecule has 0 rings (SSSR count). The summed E-state index contributed by atoms with van der Waals surface area (Å²) in [6.45, 7) is -3.26. The van der Waals surface area contributed by atoms with Gasteiger partial charge in [-0.1, -0.05) is 0 Å². The second-order valence-electron chi connectivity index (χ2n) is 3.56. The molecule has 0 aromatic carbocycles. The summed E-state index contributed by atoms with van der Waals surface area (Å²) in [5.41, 5.74) is -6.18. The lowest BCUT2D eigenvalue weighted by Crippen LogP contribution is -2.64. The molecule has 0 aliphatic carbocycles. The summed E-state index contributed by atoms with van der Waals surface area (Å²) in [7, 11) is 0. The zero-order chi connectivity index (χ0) is 15.9. The van der Waals surface area contributed by atoms with Crippen LogP contribution in [0.15, 0.2) is 0 Å². The van der Waals surface area contributed by atoms with Gasteiger partial charge in [0.15, 0.2) is 0 Å². The summed E-state index contributed by atoms with van der Waals surface area (Å²) >= 11 is 0. The van der Waals surface area contributed by atoms with Crippen LogP contribution in [0.5, 0.6) is 0 Å². The molecule has 0 amide bonds. The quantitative estimate of drug-likeness (QED) is 0.788. The van der Waals surface area contributed by atoms with E-state index in [1.165, 1.54) is 0 Å². The van der Waals surface area contributed by atoms with Crippen LogP contribution in [0.1, 0.15) is 6.42 Å². The van der Waals surface area contributed by atoms with Gasteiger partial charge in [0, 0.05) is 0 Å². The van der Waals surface area contributed by atoms with Crippen molar-refractivity contribution < 1.29 is 53.4 Å². The molecule has 0 saturated heterocycles. The van der Waals surface area contributed by atoms with Crippen LogP contribution in [-0.4, -0.2) is 36.2 Å². The molecule has 0 heterocycles. The summed E-state index contributed by atoms with van der Waals surface area (Å²) in [6.07, 6.45) is -23.3. The SMILES string of the molecule is OCC(C(F)(F)F)(C(F)(F)F)C(F)(F)CC(F)(F)F. The Labute approximate surface area is 97.5 Å². The molecule has 0 aliphatic heterocycles. The molecule has 116 valence electrons. The van der Waals surface area contributed by atoms with Gasteiger partial charge in [-0.25, -0.2) is 8.78 Å². The van der Waals surface area contributed by atoms with E-state index in [1.54, 1.807) is 0 Å². The van der Waals surface area contributed by atoms with Crippen molar-refractivity contribution in [1.82, 2.24) is 0 Å². The first kappa shape index (κ1) is 18.2. The Kier molecular flexibility index (Phi) is 4.43. The molecule has 0 aliphatic rings. The van der Waals surface area contributed by atoms with E-state index in [1.807, 2.05) is 0 Å². The lowest BCUT2D eigenvalue weighted by Gasteiger charge is -2.41. The minimum Gasteiger partial charge on any atom is -0.395 e. The van der Waals surface area contributed by atoms with Crippen LogP contribution < -0.4 is 0 Å². The Morgan fingerprint density at radius 2 is 0.947 bits per heavy atom. The van der Waals surface area contributed by atoms with Gasteiger partial charge in [0.2, 0.25) is 5.41 Å². The molecule has 1 nitrogen and oxygen atoms in total. The molecule has 0 spiro atoms. The van der Waals surface area contributed by atoms with Gasteiger partial charge >= 0.3 is 18.5 Å². The monoisotopic (exact) mass is 314 g/mol. The van der Waals surface area contributed by atoms with Crippen LogP contribution in [0, 0.1) is 5.41 Å². The summed E-state index contributed by atoms with van der Waals surface area (Å²) in [4.78, 5) is 0. The topological polar surface area (TPSA) is 20.2 Å². The Hall–Kier alpha value is -0.810. The Morgan fingerprint density at radius 1 is 0.632 bits per heavy atom. The van der Waals surface area contributed by atoms with Crippen molar-refractivity contribution in [3.05, 3.63) is 0 Å². The van der Waals surface area contributed by atoms with Crippen molar-refractivity contribution in [2.45, 2.75) is 30.9 Å². The summed E-state index contributed by atoms with van der Waals surface area (Å²) in [6, 6.07) is 0. The minimum absolute atomic E-state index is 3.26. The van der Waals surface area contributed by atoms with Gasteiger partial charge in [-0.3, -0.25) is 0 Å². The lowest BCUT2D eigenvalue weighted by atomic mass is 9.78. The minimum atomic E-state index is -6.82. The number of hydrogen-bond donors (Lipinski definition) is 1. The van der Waals surface area contributed by atoms with Crippen LogP contribution in [-0.2, 0) is 0 Å². The molecule has 12 heteroatoms. The third kappa shape index (κ3) is 3.20. The number of alkyl halides is 11. The molecule has 0 fully saturated rings. The maximum atomic E-state index is 12.9. The van der Waals surface area contributed by atoms with E-state index in [0.29, 0.717) is 0 Å². The van der Waals surface area contributed by atoms with E-state index in [2.05, 4.69) is 0 Å². The van der Waals surface area contributed by atoms with Crippen LogP contribution in [0.2, 0.25) is 0 Å². The smallest absolute Gasteiger partial charge is 0.395 e. The molecular weight excluding hydrogens is 309 g/mol. The second kappa shape index (κ2) is 4.63. The molecule has 0 saturated carbocycles. The van der Waals surface area contributed by atoms with Crippen LogP contribution in [0.25, 0.3) is 0 Å². The fourth-order valence-corrected chi connectivity index (χ4v) is 1.27. The average molecular weight is 314 g/mol. The van der Waals surface area contributed by atoms with Crippen molar-refractivity contribution in [2.75, 3.05) is 6.61 Å². The van der Waals surface area contributed by atoms with Gasteiger partial charge in [0.1, 0.15) is 6.42 Å². The fraction of sp³-hybridized carbons (Fsp3) is 1.00. The molecule has 0 atom stereocenters. The lowest BCUT2D eigenvalue weighted by molar-refractivity contribution is -0.415. The van der Waals surface area contributed by atoms with Crippen molar-refractivity contribution in [3.8, 4) is 0 Å². The van der Waals surface area contributed by atoms with Crippen molar-refractivity contribution in [3.63, 3.8) is 0 Å². The highest BCUT2D eigenvalue weighted by Crippen LogP contribution is 2.60. The standard InChI is InChI=1S/C7H5F11O/c8-4(9,1-5(10,11)12)3(2-19,6(13,14)15)7(16,17)18/h19H,1-2H2. The number of halogens is 11. The molecule has 1 N–H and O–H groups in total. The van der Waals surface area contributed by atoms with E-state index in [9.17, 15) is 48.3 Å². The zero-order valence-electron chi connectivity index (χ0n) is 8.52. The normalized spacial score (nSPS) is 15.8. The van der Waals surface area contributed by atoms with Crippen LogP contribution in [0.3, 0.4) is 0 Å². The van der Waals surface area contributed by atoms with E-state index in [-0.39, 0.29) is 0 Å². The van der Waals surface area contributed by atoms with Gasteiger partial charge in [0.05, 0.1) is 6.61 Å². The molecule has 0 aromatic rings. The zero-order valence-corrected chi connectivity index (χ0v) is 8.52. The van der Waals surface area contributed by atoms with Gasteiger partial charge in [-0.2, -0.15) is 39.5 Å². The van der Waals surface area contributed by atoms with E-state index in [0.717, 1.165) is 0 Å². The molecule has 0 bridgehead atoms. The van der Waals surface area contributed by atoms with Crippen LogP contribution in [0.4, 0.5) is 48.3 Å². The van der Waals surface area contributed by atoms with Gasteiger partial charge in [-0.05, 0) is 0 Å². The molecule has 0 unspecified atom stereocenters. The summed E-state index contributed by atoms with van der Waals surface area (Å²) in [5.74, 6) is -6.31. The first-order chi connectivity index (χ1) is 8.02. The van der Waals surface area contributed by atoms with E-state index in [4.69, 9.17) is 5.11 Å². The molecular formula is C7H5F11O. The maximum Gasteiger partial charge on any atom is 0.411 e. The van der Waals surface area contributed by atoms with Crippen molar-refractivity contribution in [1.29, 1.82) is 0 Å². The summed E-state index contributed by atoms with van der Waals surface area (Å²) < 4.78 is 134. The highest BCUT2D eigenvalue weighted by atomic mass is 19.4. The number of hydrogen-bond acceptors (Lipinski definition) is 1. The summed E-state index contributed by atoms with van der Waals surface area (Å²) in [5, 5.41) is 8.09. The van der Waals surface area contributed by atoms with Gasteiger partial charge in [-0.15, -0.1) is 0 Å². The van der Waals surface area contributed by atoms with Crippen LogP contribution >= 0.6 is 0 Å². The third-order valence-corrected chi connectivity index (χ3v) is 2.25. The number of aliphatic hydroxyl groups excluding tert-OH is 1. The Morgan fingerprint density at radius 3 is 1.11 bits per heavy atom. The highest BCUT2D eigenvalue weighted by Gasteiger charge is 2.82. The first-order valence-electron chi connectivity index (χ1n) is 4.21. The predicted octanol–water partition coefficient (Wildman–Crippen LogP) is 3.68. The fourth-order valence-electron chi connectivity index (χ4n) is 1.27. The average Bonchev–Trinajstić information content (AvgIpc) is 1.92. The third-order valence-electron chi connectivity index (χ3n) is 2.25. The molecule has 0 radical (unpaired) electrons. The van der Waals surface area contributed by atoms with Gasteiger partial charge in [0.25, 0.3) is 5.92 Å². The first-order valence-corrected chi connectivity index (χ1v) is 4.21. The van der Waals surface area contributed by atoms with E-state index < -0.39 is 42.9 Å². The van der Waals surface area contributed by atoms with E-state index >= 15 is 0 Å². The predicted molar refractivity (Wildman–Crippen MR) is 37.2 cm³/mol. The highest BCUT2D eigenvalue weighted by molar-refractivity contribution is 5.04. The van der Waals surface area contributed by atoms with Gasteiger partial charge < -0.3 is 5.11 Å².